The second-order valence-corrected chi connectivity index (χ2v) is 4.42. The maximum absolute atomic E-state index is 12.3. The van der Waals surface area contributed by atoms with Crippen LogP contribution in [-0.2, 0) is 6.42 Å². The van der Waals surface area contributed by atoms with Gasteiger partial charge in [0.25, 0.3) is 5.91 Å². The third kappa shape index (κ3) is 3.89. The van der Waals surface area contributed by atoms with Crippen LogP contribution in [0.5, 0.6) is 0 Å². The summed E-state index contributed by atoms with van der Waals surface area (Å²) in [6, 6.07) is 9.34. The van der Waals surface area contributed by atoms with Gasteiger partial charge in [0, 0.05) is 18.3 Å². The second kappa shape index (κ2) is 7.19. The normalized spacial score (nSPS) is 9.95. The number of hydrogen-bond acceptors (Lipinski definition) is 4. The quantitative estimate of drug-likeness (QED) is 0.799. The summed E-state index contributed by atoms with van der Waals surface area (Å²) >= 11 is 0. The van der Waals surface area contributed by atoms with Gasteiger partial charge in [0.05, 0.1) is 0 Å². The summed E-state index contributed by atoms with van der Waals surface area (Å²) in [7, 11) is 0. The number of nitrogens with zero attached hydrogens (tertiary/aromatic N) is 2. The van der Waals surface area contributed by atoms with E-state index in [1.165, 1.54) is 6.33 Å². The number of aromatic nitrogens is 2. The molecule has 1 heterocycles. The molecule has 0 bridgehead atoms. The van der Waals surface area contributed by atoms with Crippen LogP contribution in [0.15, 0.2) is 49.3 Å². The van der Waals surface area contributed by atoms with Crippen molar-refractivity contribution in [2.45, 2.75) is 13.3 Å². The number of benzene rings is 1. The Labute approximate surface area is 124 Å². The van der Waals surface area contributed by atoms with Gasteiger partial charge >= 0.3 is 0 Å². The maximum atomic E-state index is 12.3. The Morgan fingerprint density at radius 1 is 1.33 bits per heavy atom. The molecule has 0 fully saturated rings. The molecular weight excluding hydrogens is 264 g/mol. The number of rotatable bonds is 6. The number of aryl methyl sites for hydroxylation is 1. The van der Waals surface area contributed by atoms with Gasteiger partial charge in [0.1, 0.15) is 17.8 Å². The standard InChI is InChI=1S/C16H18N4O/c1-3-9-17-15-10-14(18-11-19-15)16(21)20-13-8-6-5-7-12(13)4-2/h3,5-8,10-11H,1,4,9H2,2H3,(H,20,21)(H,17,18,19). The first-order valence-electron chi connectivity index (χ1n) is 6.80. The highest BCUT2D eigenvalue weighted by molar-refractivity contribution is 6.03. The smallest absolute Gasteiger partial charge is 0.274 e. The highest BCUT2D eigenvalue weighted by Crippen LogP contribution is 2.16. The largest absolute Gasteiger partial charge is 0.366 e. The zero-order valence-corrected chi connectivity index (χ0v) is 12.0. The molecule has 21 heavy (non-hydrogen) atoms. The van der Waals surface area contributed by atoms with Crippen LogP contribution < -0.4 is 10.6 Å². The van der Waals surface area contributed by atoms with Crippen molar-refractivity contribution in [3.63, 3.8) is 0 Å². The van der Waals surface area contributed by atoms with Crippen molar-refractivity contribution in [1.82, 2.24) is 9.97 Å². The number of para-hydroxylation sites is 1. The summed E-state index contributed by atoms with van der Waals surface area (Å²) in [4.78, 5) is 20.3. The highest BCUT2D eigenvalue weighted by atomic mass is 16.1. The average molecular weight is 282 g/mol. The average Bonchev–Trinajstić information content (AvgIpc) is 2.53. The van der Waals surface area contributed by atoms with Crippen molar-refractivity contribution in [2.24, 2.45) is 0 Å². The van der Waals surface area contributed by atoms with Crippen LogP contribution in [0, 0.1) is 0 Å². The molecule has 108 valence electrons. The van der Waals surface area contributed by atoms with Crippen molar-refractivity contribution in [3.8, 4) is 0 Å². The van der Waals surface area contributed by atoms with E-state index in [1.807, 2.05) is 31.2 Å². The van der Waals surface area contributed by atoms with E-state index in [0.717, 1.165) is 17.7 Å². The Kier molecular flexibility index (Phi) is 5.04. The van der Waals surface area contributed by atoms with Crippen molar-refractivity contribution in [1.29, 1.82) is 0 Å². The molecule has 0 atom stereocenters. The molecular formula is C16H18N4O. The fourth-order valence-corrected chi connectivity index (χ4v) is 1.89. The first-order valence-corrected chi connectivity index (χ1v) is 6.80. The number of hydrogen-bond donors (Lipinski definition) is 2. The van der Waals surface area contributed by atoms with Gasteiger partial charge in [-0.25, -0.2) is 9.97 Å². The summed E-state index contributed by atoms with van der Waals surface area (Å²) in [6.45, 7) is 6.25. The zero-order valence-electron chi connectivity index (χ0n) is 12.0. The minimum Gasteiger partial charge on any atom is -0.366 e. The van der Waals surface area contributed by atoms with Crippen LogP contribution in [0.1, 0.15) is 23.0 Å². The van der Waals surface area contributed by atoms with Crippen LogP contribution in [0.3, 0.4) is 0 Å². The van der Waals surface area contributed by atoms with Crippen LogP contribution in [0.2, 0.25) is 0 Å². The summed E-state index contributed by atoms with van der Waals surface area (Å²) in [5, 5.41) is 5.91. The van der Waals surface area contributed by atoms with Crippen molar-refractivity contribution in [3.05, 3.63) is 60.6 Å². The van der Waals surface area contributed by atoms with Crippen LogP contribution in [0.4, 0.5) is 11.5 Å². The summed E-state index contributed by atoms with van der Waals surface area (Å²) in [5.41, 5.74) is 2.22. The van der Waals surface area contributed by atoms with Crippen LogP contribution in [-0.4, -0.2) is 22.4 Å². The third-order valence-corrected chi connectivity index (χ3v) is 2.97. The minimum atomic E-state index is -0.250. The summed E-state index contributed by atoms with van der Waals surface area (Å²) in [6.07, 6.45) is 3.94. The Morgan fingerprint density at radius 3 is 2.90 bits per heavy atom. The Balaban J connectivity index is 2.14. The van der Waals surface area contributed by atoms with Gasteiger partial charge in [-0.3, -0.25) is 4.79 Å². The molecule has 2 rings (SSSR count). The van der Waals surface area contributed by atoms with E-state index < -0.39 is 0 Å². The predicted octanol–water partition coefficient (Wildman–Crippen LogP) is 2.89. The molecule has 5 heteroatoms. The maximum Gasteiger partial charge on any atom is 0.274 e. The molecule has 2 aromatic rings. The van der Waals surface area contributed by atoms with E-state index in [0.29, 0.717) is 18.1 Å². The minimum absolute atomic E-state index is 0.250. The Morgan fingerprint density at radius 2 is 2.14 bits per heavy atom. The predicted molar refractivity (Wildman–Crippen MR) is 84.5 cm³/mol. The molecule has 0 saturated carbocycles. The second-order valence-electron chi connectivity index (χ2n) is 4.42. The molecule has 0 unspecified atom stereocenters. The molecule has 0 aliphatic carbocycles. The van der Waals surface area contributed by atoms with E-state index in [9.17, 15) is 4.79 Å². The third-order valence-electron chi connectivity index (χ3n) is 2.97. The van der Waals surface area contributed by atoms with Crippen molar-refractivity contribution >= 4 is 17.4 Å². The summed E-state index contributed by atoms with van der Waals surface area (Å²) in [5.74, 6) is 0.346. The number of carbonyl (C=O) groups excluding carboxylic acids is 1. The number of nitrogens with one attached hydrogen (secondary N) is 2. The number of carbonyl (C=O) groups is 1. The van der Waals surface area contributed by atoms with Gasteiger partial charge < -0.3 is 10.6 Å². The lowest BCUT2D eigenvalue weighted by Crippen LogP contribution is -2.15. The fourth-order valence-electron chi connectivity index (χ4n) is 1.89. The van der Waals surface area contributed by atoms with E-state index in [1.54, 1.807) is 12.1 Å². The zero-order chi connectivity index (χ0) is 15.1. The van der Waals surface area contributed by atoms with Crippen LogP contribution in [0.25, 0.3) is 0 Å². The topological polar surface area (TPSA) is 66.9 Å². The molecule has 1 amide bonds. The van der Waals surface area contributed by atoms with Gasteiger partial charge in [-0.05, 0) is 18.1 Å². The number of amides is 1. The van der Waals surface area contributed by atoms with Gasteiger partial charge in [-0.2, -0.15) is 0 Å². The van der Waals surface area contributed by atoms with Crippen molar-refractivity contribution in [2.75, 3.05) is 17.2 Å². The lowest BCUT2D eigenvalue weighted by molar-refractivity contribution is 0.102. The van der Waals surface area contributed by atoms with E-state index in [4.69, 9.17) is 0 Å². The first kappa shape index (κ1) is 14.7. The van der Waals surface area contributed by atoms with Crippen molar-refractivity contribution < 1.29 is 4.79 Å². The first-order chi connectivity index (χ1) is 10.2. The molecule has 2 N–H and O–H groups in total. The molecule has 0 saturated heterocycles. The SMILES string of the molecule is C=CCNc1cc(C(=O)Nc2ccccc2CC)ncn1. The number of anilines is 2. The molecule has 0 aliphatic heterocycles. The Hall–Kier alpha value is -2.69. The van der Waals surface area contributed by atoms with Gasteiger partial charge in [0.2, 0.25) is 0 Å². The monoisotopic (exact) mass is 282 g/mol. The molecule has 1 aromatic carbocycles. The summed E-state index contributed by atoms with van der Waals surface area (Å²) < 4.78 is 0. The molecule has 5 nitrogen and oxygen atoms in total. The van der Waals surface area contributed by atoms with Crippen LogP contribution >= 0.6 is 0 Å². The fraction of sp³-hybridized carbons (Fsp3) is 0.188. The molecule has 1 aromatic heterocycles. The molecule has 0 spiro atoms. The van der Waals surface area contributed by atoms with E-state index in [-0.39, 0.29) is 5.91 Å². The van der Waals surface area contributed by atoms with Gasteiger partial charge in [-0.1, -0.05) is 31.2 Å². The lowest BCUT2D eigenvalue weighted by Gasteiger charge is -2.09. The van der Waals surface area contributed by atoms with E-state index >= 15 is 0 Å². The van der Waals surface area contributed by atoms with Gasteiger partial charge in [-0.15, -0.1) is 6.58 Å². The van der Waals surface area contributed by atoms with E-state index in [2.05, 4.69) is 27.2 Å². The molecule has 0 aliphatic rings. The van der Waals surface area contributed by atoms with Gasteiger partial charge in [0.15, 0.2) is 0 Å². The Bertz CT molecular complexity index is 640. The molecule has 0 radical (unpaired) electrons. The highest BCUT2D eigenvalue weighted by Gasteiger charge is 2.10. The lowest BCUT2D eigenvalue weighted by atomic mass is 10.1.